The van der Waals surface area contributed by atoms with Crippen LogP contribution in [0, 0.1) is 0 Å². The lowest BCUT2D eigenvalue weighted by Crippen LogP contribution is -2.22. The summed E-state index contributed by atoms with van der Waals surface area (Å²) in [6, 6.07) is 12.5. The standard InChI is InChI=1S/C18H18ClN5O3.HI/c1-25-14-7-6-13(9-15(14)26-2)22-18(20)21-10-16-23-17(24-27-16)11-4-3-5-12(19)8-11;/h3-9H,10H2,1-2H3,(H3,20,21,22);1H. The van der Waals surface area contributed by atoms with Crippen LogP contribution in [0.5, 0.6) is 11.5 Å². The molecule has 0 amide bonds. The van der Waals surface area contributed by atoms with E-state index in [-0.39, 0.29) is 36.5 Å². The Kier molecular flexibility index (Phi) is 7.88. The van der Waals surface area contributed by atoms with Gasteiger partial charge in [-0.1, -0.05) is 28.9 Å². The molecule has 0 radical (unpaired) electrons. The lowest BCUT2D eigenvalue weighted by molar-refractivity contribution is 0.355. The van der Waals surface area contributed by atoms with E-state index < -0.39 is 0 Å². The van der Waals surface area contributed by atoms with Gasteiger partial charge >= 0.3 is 0 Å². The molecule has 3 aromatic rings. The average molecular weight is 516 g/mol. The van der Waals surface area contributed by atoms with Gasteiger partial charge in [0, 0.05) is 22.3 Å². The third-order valence-corrected chi connectivity index (χ3v) is 3.83. The minimum atomic E-state index is 0. The van der Waals surface area contributed by atoms with Crippen LogP contribution in [0.1, 0.15) is 5.89 Å². The first-order valence-electron chi connectivity index (χ1n) is 7.96. The molecule has 148 valence electrons. The number of guanidine groups is 1. The molecule has 0 aliphatic carbocycles. The van der Waals surface area contributed by atoms with E-state index in [9.17, 15) is 0 Å². The lowest BCUT2D eigenvalue weighted by Gasteiger charge is -2.10. The van der Waals surface area contributed by atoms with Gasteiger partial charge in [0.1, 0.15) is 6.54 Å². The van der Waals surface area contributed by atoms with Gasteiger partial charge < -0.3 is 25.0 Å². The minimum absolute atomic E-state index is 0. The number of anilines is 1. The van der Waals surface area contributed by atoms with E-state index in [0.29, 0.717) is 33.9 Å². The first-order chi connectivity index (χ1) is 13.1. The largest absolute Gasteiger partial charge is 0.493 e. The third kappa shape index (κ3) is 5.49. The Bertz CT molecular complexity index is 964. The number of aliphatic imine (C=N–C) groups is 1. The Balaban J connectivity index is 0.00000280. The Morgan fingerprint density at radius 3 is 2.68 bits per heavy atom. The number of methoxy groups -OCH3 is 2. The molecular weight excluding hydrogens is 497 g/mol. The average Bonchev–Trinajstić information content (AvgIpc) is 3.15. The zero-order valence-electron chi connectivity index (χ0n) is 15.2. The van der Waals surface area contributed by atoms with Crippen molar-refractivity contribution in [1.82, 2.24) is 10.1 Å². The highest BCUT2D eigenvalue weighted by Gasteiger charge is 2.09. The van der Waals surface area contributed by atoms with Gasteiger partial charge in [0.25, 0.3) is 0 Å². The van der Waals surface area contributed by atoms with Gasteiger partial charge in [-0.3, -0.25) is 0 Å². The number of hydrogen-bond donors (Lipinski definition) is 2. The van der Waals surface area contributed by atoms with Crippen LogP contribution in [0.4, 0.5) is 5.69 Å². The number of hydrogen-bond acceptors (Lipinski definition) is 6. The summed E-state index contributed by atoms with van der Waals surface area (Å²) in [4.78, 5) is 8.49. The predicted molar refractivity (Wildman–Crippen MR) is 119 cm³/mol. The Morgan fingerprint density at radius 2 is 1.96 bits per heavy atom. The van der Waals surface area contributed by atoms with Gasteiger partial charge in [-0.25, -0.2) is 4.99 Å². The van der Waals surface area contributed by atoms with Crippen LogP contribution in [0.2, 0.25) is 5.02 Å². The number of aromatic nitrogens is 2. The Morgan fingerprint density at radius 1 is 1.18 bits per heavy atom. The quantitative estimate of drug-likeness (QED) is 0.291. The van der Waals surface area contributed by atoms with E-state index in [4.69, 9.17) is 31.3 Å². The summed E-state index contributed by atoms with van der Waals surface area (Å²) in [5.74, 6) is 2.18. The predicted octanol–water partition coefficient (Wildman–Crippen LogP) is 3.95. The molecule has 0 aliphatic heterocycles. The monoisotopic (exact) mass is 515 g/mol. The van der Waals surface area contributed by atoms with Crippen molar-refractivity contribution in [2.24, 2.45) is 10.7 Å². The van der Waals surface area contributed by atoms with Gasteiger partial charge in [0.15, 0.2) is 17.5 Å². The maximum absolute atomic E-state index is 5.97. The van der Waals surface area contributed by atoms with Crippen LogP contribution >= 0.6 is 35.6 Å². The molecule has 3 N–H and O–H groups in total. The summed E-state index contributed by atoms with van der Waals surface area (Å²) in [6.07, 6.45) is 0. The van der Waals surface area contributed by atoms with Gasteiger partial charge in [-0.2, -0.15) is 4.98 Å². The molecule has 28 heavy (non-hydrogen) atoms. The van der Waals surface area contributed by atoms with E-state index in [2.05, 4.69) is 20.4 Å². The molecular formula is C18H19ClIN5O3. The topological polar surface area (TPSA) is 108 Å². The lowest BCUT2D eigenvalue weighted by atomic mass is 10.2. The molecule has 0 unspecified atom stereocenters. The van der Waals surface area contributed by atoms with Crippen molar-refractivity contribution < 1.29 is 14.0 Å². The van der Waals surface area contributed by atoms with Crippen molar-refractivity contribution in [2.45, 2.75) is 6.54 Å². The Hall–Kier alpha value is -2.53. The molecule has 10 heteroatoms. The van der Waals surface area contributed by atoms with Crippen molar-refractivity contribution >= 4 is 47.2 Å². The SMILES string of the molecule is COc1ccc(NC(N)=NCc2nc(-c3cccc(Cl)c3)no2)cc1OC.I. The highest BCUT2D eigenvalue weighted by molar-refractivity contribution is 14.0. The second-order valence-electron chi connectivity index (χ2n) is 5.42. The van der Waals surface area contributed by atoms with Crippen LogP contribution in [0.3, 0.4) is 0 Å². The van der Waals surface area contributed by atoms with E-state index in [1.165, 1.54) is 0 Å². The number of rotatable bonds is 6. The molecule has 0 bridgehead atoms. The second kappa shape index (κ2) is 10.1. The minimum Gasteiger partial charge on any atom is -0.493 e. The first-order valence-corrected chi connectivity index (χ1v) is 8.34. The number of nitrogens with one attached hydrogen (secondary N) is 1. The van der Waals surface area contributed by atoms with Crippen LogP contribution in [-0.2, 0) is 6.54 Å². The van der Waals surface area contributed by atoms with Crippen LogP contribution in [0.15, 0.2) is 52.0 Å². The summed E-state index contributed by atoms with van der Waals surface area (Å²) in [6.45, 7) is 0.139. The maximum atomic E-state index is 5.97. The highest BCUT2D eigenvalue weighted by atomic mass is 127. The number of nitrogens with zero attached hydrogens (tertiary/aromatic N) is 3. The van der Waals surface area contributed by atoms with Crippen molar-refractivity contribution in [3.63, 3.8) is 0 Å². The first kappa shape index (κ1) is 21.8. The molecule has 1 aromatic heterocycles. The molecule has 0 aliphatic rings. The molecule has 2 aromatic carbocycles. The number of benzene rings is 2. The second-order valence-corrected chi connectivity index (χ2v) is 5.85. The highest BCUT2D eigenvalue weighted by Crippen LogP contribution is 2.29. The molecule has 0 saturated carbocycles. The van der Waals surface area contributed by atoms with Crippen molar-refractivity contribution in [3.05, 3.63) is 53.4 Å². The zero-order chi connectivity index (χ0) is 19.2. The molecule has 3 rings (SSSR count). The fourth-order valence-electron chi connectivity index (χ4n) is 2.32. The molecule has 0 fully saturated rings. The van der Waals surface area contributed by atoms with Crippen LogP contribution in [-0.4, -0.2) is 30.3 Å². The zero-order valence-corrected chi connectivity index (χ0v) is 18.3. The molecule has 0 spiro atoms. The summed E-state index contributed by atoms with van der Waals surface area (Å²) in [5, 5.41) is 7.49. The van der Waals surface area contributed by atoms with E-state index >= 15 is 0 Å². The van der Waals surface area contributed by atoms with Crippen LogP contribution < -0.4 is 20.5 Å². The summed E-state index contributed by atoms with van der Waals surface area (Å²) < 4.78 is 15.6. The summed E-state index contributed by atoms with van der Waals surface area (Å²) >= 11 is 5.97. The van der Waals surface area contributed by atoms with Gasteiger partial charge in [-0.15, -0.1) is 24.0 Å². The van der Waals surface area contributed by atoms with E-state index in [0.717, 1.165) is 5.56 Å². The van der Waals surface area contributed by atoms with Crippen LogP contribution in [0.25, 0.3) is 11.4 Å². The van der Waals surface area contributed by atoms with Gasteiger partial charge in [0.05, 0.1) is 14.2 Å². The summed E-state index contributed by atoms with van der Waals surface area (Å²) in [5.41, 5.74) is 7.38. The van der Waals surface area contributed by atoms with Crippen molar-refractivity contribution in [3.8, 4) is 22.9 Å². The number of ether oxygens (including phenoxy) is 2. The molecule has 1 heterocycles. The molecule has 8 nitrogen and oxygen atoms in total. The van der Waals surface area contributed by atoms with E-state index in [1.807, 2.05) is 12.1 Å². The van der Waals surface area contributed by atoms with Gasteiger partial charge in [-0.05, 0) is 24.3 Å². The summed E-state index contributed by atoms with van der Waals surface area (Å²) in [7, 11) is 3.13. The normalized spacial score (nSPS) is 10.9. The fourth-order valence-corrected chi connectivity index (χ4v) is 2.51. The van der Waals surface area contributed by atoms with Crippen molar-refractivity contribution in [2.75, 3.05) is 19.5 Å². The number of nitrogens with two attached hydrogens (primary N) is 1. The fraction of sp³-hybridized carbons (Fsp3) is 0.167. The van der Waals surface area contributed by atoms with Crippen molar-refractivity contribution in [1.29, 1.82) is 0 Å². The molecule has 0 saturated heterocycles. The smallest absolute Gasteiger partial charge is 0.248 e. The Labute approximate surface area is 184 Å². The maximum Gasteiger partial charge on any atom is 0.248 e. The molecule has 0 atom stereocenters. The van der Waals surface area contributed by atoms with Gasteiger partial charge in [0.2, 0.25) is 11.7 Å². The number of halogens is 2. The van der Waals surface area contributed by atoms with E-state index in [1.54, 1.807) is 44.6 Å². The third-order valence-electron chi connectivity index (χ3n) is 3.59.